The highest BCUT2D eigenvalue weighted by atomic mass is 15.3. The molecular weight excluding hydrogens is 304 g/mol. The number of hydrogen-bond donors (Lipinski definition) is 1. The Kier molecular flexibility index (Phi) is 3.05. The zero-order chi connectivity index (χ0) is 16.8. The molecule has 0 amide bonds. The van der Waals surface area contributed by atoms with Gasteiger partial charge >= 0.3 is 0 Å². The van der Waals surface area contributed by atoms with E-state index in [9.17, 15) is 0 Å². The molecule has 0 spiro atoms. The quantitative estimate of drug-likeness (QED) is 0.624. The summed E-state index contributed by atoms with van der Waals surface area (Å²) in [6.07, 6.45) is 5.15. The maximum atomic E-state index is 4.61. The lowest BCUT2D eigenvalue weighted by Gasteiger charge is -2.08. The summed E-state index contributed by atoms with van der Waals surface area (Å²) in [6, 6.07) is 1.96. The minimum absolute atomic E-state index is 0.501. The summed E-state index contributed by atoms with van der Waals surface area (Å²) >= 11 is 0. The molecule has 0 aliphatic heterocycles. The summed E-state index contributed by atoms with van der Waals surface area (Å²) in [5, 5.41) is 11.9. The van der Waals surface area contributed by atoms with E-state index in [1.807, 2.05) is 33.2 Å². The number of nitrogens with one attached hydrogen (secondary N) is 1. The van der Waals surface area contributed by atoms with E-state index in [-0.39, 0.29) is 0 Å². The highest BCUT2D eigenvalue weighted by Gasteiger charge is 2.13. The highest BCUT2D eigenvalue weighted by molar-refractivity contribution is 5.87. The summed E-state index contributed by atoms with van der Waals surface area (Å²) in [6.45, 7) is 7.89. The van der Waals surface area contributed by atoms with Crippen LogP contribution in [0.2, 0.25) is 0 Å². The third-order valence-corrected chi connectivity index (χ3v) is 3.87. The Bertz CT molecular complexity index is 1090. The third kappa shape index (κ3) is 2.19. The molecule has 4 aromatic heterocycles. The number of hydrogen-bond acceptors (Lipinski definition) is 6. The smallest absolute Gasteiger partial charge is 0.227 e. The first-order chi connectivity index (χ1) is 11.5. The minimum atomic E-state index is 0.501. The Morgan fingerprint density at radius 2 is 2.12 bits per heavy atom. The van der Waals surface area contributed by atoms with Crippen molar-refractivity contribution in [1.82, 2.24) is 34.3 Å². The summed E-state index contributed by atoms with van der Waals surface area (Å²) in [5.74, 6) is 0.501. The van der Waals surface area contributed by atoms with Gasteiger partial charge in [-0.3, -0.25) is 4.68 Å². The second-order valence-electron chi connectivity index (χ2n) is 5.74. The van der Waals surface area contributed by atoms with E-state index < -0.39 is 0 Å². The molecule has 24 heavy (non-hydrogen) atoms. The maximum Gasteiger partial charge on any atom is 0.227 e. The average molecular weight is 320 g/mol. The van der Waals surface area contributed by atoms with E-state index in [1.165, 1.54) is 6.33 Å². The van der Waals surface area contributed by atoms with Crippen LogP contribution in [-0.2, 0) is 7.05 Å². The first-order valence-electron chi connectivity index (χ1n) is 7.45. The molecule has 1 N–H and O–H groups in total. The Morgan fingerprint density at radius 3 is 2.92 bits per heavy atom. The number of aromatic nitrogens is 7. The van der Waals surface area contributed by atoms with Crippen molar-refractivity contribution in [3.05, 3.63) is 42.6 Å². The largest absolute Gasteiger partial charge is 0.323 e. The number of fused-ring (bicyclic) bond motifs is 2. The average Bonchev–Trinajstić information content (AvgIpc) is 3.12. The predicted octanol–water partition coefficient (Wildman–Crippen LogP) is 2.49. The molecule has 0 aliphatic rings. The molecule has 0 atom stereocenters. The molecule has 0 saturated carbocycles. The standard InChI is InChI=1S/C16H16N8/c1-9(2)14-15-12(23(4)22-14)6-17-16(21-15)20-11-7-24-13(5-10(11)3)18-8-19-24/h5-8H,1H2,2-4H3,(H,17,20,21). The predicted molar refractivity (Wildman–Crippen MR) is 92.0 cm³/mol. The highest BCUT2D eigenvalue weighted by Crippen LogP contribution is 2.24. The van der Waals surface area contributed by atoms with E-state index in [0.717, 1.165) is 39.2 Å². The van der Waals surface area contributed by atoms with Crippen molar-refractivity contribution < 1.29 is 0 Å². The van der Waals surface area contributed by atoms with Gasteiger partial charge in [0.2, 0.25) is 5.95 Å². The van der Waals surface area contributed by atoms with Gasteiger partial charge in [-0.15, -0.1) is 0 Å². The molecule has 8 heteroatoms. The molecule has 8 nitrogen and oxygen atoms in total. The minimum Gasteiger partial charge on any atom is -0.323 e. The van der Waals surface area contributed by atoms with Crippen LogP contribution in [0.4, 0.5) is 11.6 Å². The van der Waals surface area contributed by atoms with Gasteiger partial charge in [-0.1, -0.05) is 6.58 Å². The fourth-order valence-electron chi connectivity index (χ4n) is 2.59. The van der Waals surface area contributed by atoms with Gasteiger partial charge in [0.1, 0.15) is 23.1 Å². The first kappa shape index (κ1) is 14.3. The van der Waals surface area contributed by atoms with Crippen LogP contribution in [0.3, 0.4) is 0 Å². The van der Waals surface area contributed by atoms with Crippen LogP contribution < -0.4 is 5.32 Å². The Morgan fingerprint density at radius 1 is 1.29 bits per heavy atom. The van der Waals surface area contributed by atoms with Gasteiger partial charge in [0, 0.05) is 7.05 Å². The van der Waals surface area contributed by atoms with Gasteiger partial charge in [-0.2, -0.15) is 10.2 Å². The van der Waals surface area contributed by atoms with E-state index >= 15 is 0 Å². The number of anilines is 2. The molecule has 0 saturated heterocycles. The number of pyridine rings is 1. The normalized spacial score (nSPS) is 11.3. The monoisotopic (exact) mass is 320 g/mol. The summed E-state index contributed by atoms with van der Waals surface area (Å²) in [4.78, 5) is 13.2. The van der Waals surface area contributed by atoms with Crippen molar-refractivity contribution in [3.63, 3.8) is 0 Å². The van der Waals surface area contributed by atoms with Crippen molar-refractivity contribution in [2.24, 2.45) is 7.05 Å². The molecule has 0 unspecified atom stereocenters. The van der Waals surface area contributed by atoms with E-state index in [4.69, 9.17) is 0 Å². The van der Waals surface area contributed by atoms with Gasteiger partial charge in [0.15, 0.2) is 5.65 Å². The topological polar surface area (TPSA) is 85.8 Å². The molecule has 4 rings (SSSR count). The van der Waals surface area contributed by atoms with Gasteiger partial charge in [-0.25, -0.2) is 19.5 Å². The van der Waals surface area contributed by atoms with Crippen LogP contribution in [0.1, 0.15) is 18.2 Å². The van der Waals surface area contributed by atoms with Crippen LogP contribution >= 0.6 is 0 Å². The molecule has 0 radical (unpaired) electrons. The van der Waals surface area contributed by atoms with E-state index in [1.54, 1.807) is 15.4 Å². The van der Waals surface area contributed by atoms with Crippen molar-refractivity contribution in [2.75, 3.05) is 5.32 Å². The van der Waals surface area contributed by atoms with Crippen molar-refractivity contribution in [3.8, 4) is 0 Å². The molecule has 4 aromatic rings. The molecule has 0 bridgehead atoms. The number of nitrogens with zero attached hydrogens (tertiary/aromatic N) is 7. The van der Waals surface area contributed by atoms with Crippen LogP contribution in [0.15, 0.2) is 31.4 Å². The fraction of sp³-hybridized carbons (Fsp3) is 0.188. The molecule has 0 aliphatic carbocycles. The summed E-state index contributed by atoms with van der Waals surface area (Å²) in [5.41, 5.74) is 5.99. The van der Waals surface area contributed by atoms with Gasteiger partial charge in [0.25, 0.3) is 0 Å². The Labute approximate surface area is 137 Å². The number of rotatable bonds is 3. The number of allylic oxidation sites excluding steroid dienone is 1. The molecule has 120 valence electrons. The fourth-order valence-corrected chi connectivity index (χ4v) is 2.59. The zero-order valence-corrected chi connectivity index (χ0v) is 13.6. The Hall–Kier alpha value is -3.29. The summed E-state index contributed by atoms with van der Waals surface area (Å²) in [7, 11) is 1.87. The lowest BCUT2D eigenvalue weighted by atomic mass is 10.2. The van der Waals surface area contributed by atoms with Gasteiger partial charge < -0.3 is 5.32 Å². The summed E-state index contributed by atoms with van der Waals surface area (Å²) < 4.78 is 3.47. The van der Waals surface area contributed by atoms with Crippen molar-refractivity contribution in [1.29, 1.82) is 0 Å². The van der Waals surface area contributed by atoms with Crippen LogP contribution in [-0.4, -0.2) is 34.3 Å². The second kappa shape index (κ2) is 5.12. The van der Waals surface area contributed by atoms with E-state index in [2.05, 4.69) is 37.0 Å². The van der Waals surface area contributed by atoms with Crippen molar-refractivity contribution >= 4 is 33.9 Å². The van der Waals surface area contributed by atoms with Crippen LogP contribution in [0.5, 0.6) is 0 Å². The Balaban J connectivity index is 1.79. The SMILES string of the molecule is C=C(C)c1nn(C)c2cnc(Nc3cn4ncnc4cc3C)nc12. The zero-order valence-electron chi connectivity index (χ0n) is 13.6. The number of aryl methyl sites for hydroxylation is 2. The molecule has 4 heterocycles. The van der Waals surface area contributed by atoms with Gasteiger partial charge in [0.05, 0.1) is 18.1 Å². The van der Waals surface area contributed by atoms with E-state index in [0.29, 0.717) is 5.95 Å². The van der Waals surface area contributed by atoms with Crippen LogP contribution in [0.25, 0.3) is 22.3 Å². The molecular formula is C16H16N8. The van der Waals surface area contributed by atoms with Crippen LogP contribution in [0, 0.1) is 6.92 Å². The second-order valence-corrected chi connectivity index (χ2v) is 5.74. The first-order valence-corrected chi connectivity index (χ1v) is 7.45. The molecule has 0 aromatic carbocycles. The third-order valence-electron chi connectivity index (χ3n) is 3.87. The molecule has 0 fully saturated rings. The lowest BCUT2D eigenvalue weighted by molar-refractivity contribution is 0.790. The lowest BCUT2D eigenvalue weighted by Crippen LogP contribution is -2.01. The maximum absolute atomic E-state index is 4.61. The van der Waals surface area contributed by atoms with Gasteiger partial charge in [-0.05, 0) is 31.1 Å². The van der Waals surface area contributed by atoms with Crippen molar-refractivity contribution in [2.45, 2.75) is 13.8 Å².